The summed E-state index contributed by atoms with van der Waals surface area (Å²) < 4.78 is 0. The fraction of sp³-hybridized carbons (Fsp3) is 0.667. The summed E-state index contributed by atoms with van der Waals surface area (Å²) in [5.41, 5.74) is -0.0144. The van der Waals surface area contributed by atoms with E-state index in [1.54, 1.807) is 0 Å². The number of carbonyl (C=O) groups excluding carboxylic acids is 1. The average Bonchev–Trinajstić information content (AvgIpc) is 2.65. The van der Waals surface area contributed by atoms with E-state index >= 15 is 0 Å². The Kier molecular flexibility index (Phi) is 2.08. The first-order valence-corrected chi connectivity index (χ1v) is 7.08. The number of rotatable bonds is 2. The van der Waals surface area contributed by atoms with Crippen LogP contribution in [0.2, 0.25) is 0 Å². The number of hydrogen-bond donors (Lipinski definition) is 0. The quantitative estimate of drug-likeness (QED) is 0.686. The van der Waals surface area contributed by atoms with Gasteiger partial charge in [0.1, 0.15) is 0 Å². The van der Waals surface area contributed by atoms with Crippen LogP contribution in [0.15, 0.2) is 24.8 Å². The van der Waals surface area contributed by atoms with Crippen LogP contribution < -0.4 is 0 Å². The van der Waals surface area contributed by atoms with E-state index in [4.69, 9.17) is 0 Å². The van der Waals surface area contributed by atoms with Crippen molar-refractivity contribution in [3.05, 3.63) is 24.8 Å². The number of piperidine rings is 2. The van der Waals surface area contributed by atoms with Crippen molar-refractivity contribution in [3.63, 3.8) is 0 Å². The Labute approximate surface area is 108 Å². The second-order valence-corrected chi connectivity index (χ2v) is 6.32. The van der Waals surface area contributed by atoms with Gasteiger partial charge in [-0.3, -0.25) is 9.69 Å². The minimum Gasteiger partial charge on any atom is -0.331 e. The van der Waals surface area contributed by atoms with Crippen molar-refractivity contribution in [2.24, 2.45) is 11.8 Å². The van der Waals surface area contributed by atoms with Gasteiger partial charge in [-0.05, 0) is 24.7 Å². The third-order valence-corrected chi connectivity index (χ3v) is 5.52. The van der Waals surface area contributed by atoms with Crippen LogP contribution >= 0.6 is 0 Å². The summed E-state index contributed by atoms with van der Waals surface area (Å²) >= 11 is 0. The molecule has 1 spiro atoms. The van der Waals surface area contributed by atoms with Gasteiger partial charge in [0.25, 0.3) is 0 Å². The average molecular weight is 244 g/mol. The molecule has 3 fully saturated rings. The fourth-order valence-electron chi connectivity index (χ4n) is 4.82. The summed E-state index contributed by atoms with van der Waals surface area (Å²) in [4.78, 5) is 17.1. The van der Waals surface area contributed by atoms with E-state index in [-0.39, 0.29) is 5.54 Å². The number of nitrogens with zero attached hydrogens (tertiary/aromatic N) is 2. The Balaban J connectivity index is 1.84. The van der Waals surface area contributed by atoms with Crippen molar-refractivity contribution in [1.29, 1.82) is 0 Å². The molecule has 1 amide bonds. The van der Waals surface area contributed by atoms with Crippen molar-refractivity contribution in [2.75, 3.05) is 19.6 Å². The monoisotopic (exact) mass is 244 g/mol. The van der Waals surface area contributed by atoms with Crippen LogP contribution in [0.5, 0.6) is 0 Å². The molecule has 0 radical (unpaired) electrons. The summed E-state index contributed by atoms with van der Waals surface area (Å²) in [7, 11) is 0. The van der Waals surface area contributed by atoms with Crippen LogP contribution in [0.25, 0.3) is 0 Å². The van der Waals surface area contributed by atoms with Gasteiger partial charge in [0.15, 0.2) is 0 Å². The molecule has 4 rings (SSSR count). The van der Waals surface area contributed by atoms with E-state index in [1.165, 1.54) is 19.5 Å². The second kappa shape index (κ2) is 3.47. The van der Waals surface area contributed by atoms with Gasteiger partial charge in [-0.25, -0.2) is 0 Å². The Hall–Kier alpha value is -1.09. The Morgan fingerprint density at radius 1 is 1.39 bits per heavy atom. The normalized spacial score (nSPS) is 48.4. The zero-order chi connectivity index (χ0) is 12.3. The molecule has 3 nitrogen and oxygen atoms in total. The van der Waals surface area contributed by atoms with Crippen molar-refractivity contribution in [1.82, 2.24) is 9.80 Å². The zero-order valence-corrected chi connectivity index (χ0v) is 10.7. The van der Waals surface area contributed by atoms with Gasteiger partial charge in [0.05, 0.1) is 5.54 Å². The lowest BCUT2D eigenvalue weighted by Gasteiger charge is -2.56. The van der Waals surface area contributed by atoms with Gasteiger partial charge in [-0.15, -0.1) is 6.58 Å². The number of fused-ring (bicyclic) bond motifs is 1. The Bertz CT molecular complexity index is 444. The van der Waals surface area contributed by atoms with Gasteiger partial charge in [0, 0.05) is 32.1 Å². The first-order chi connectivity index (χ1) is 8.74. The summed E-state index contributed by atoms with van der Waals surface area (Å²) in [6.07, 6.45) is 9.23. The van der Waals surface area contributed by atoms with Crippen LogP contribution in [0.3, 0.4) is 0 Å². The van der Waals surface area contributed by atoms with Crippen molar-refractivity contribution in [2.45, 2.75) is 30.8 Å². The molecular weight excluding hydrogens is 224 g/mol. The van der Waals surface area contributed by atoms with Crippen molar-refractivity contribution < 1.29 is 4.79 Å². The van der Waals surface area contributed by atoms with Gasteiger partial charge >= 0.3 is 0 Å². The van der Waals surface area contributed by atoms with Gasteiger partial charge in [0.2, 0.25) is 5.91 Å². The van der Waals surface area contributed by atoms with Crippen LogP contribution in [0.1, 0.15) is 19.3 Å². The molecule has 4 aliphatic rings. The summed E-state index contributed by atoms with van der Waals surface area (Å²) in [6, 6.07) is 0.458. The summed E-state index contributed by atoms with van der Waals surface area (Å²) in [5.74, 6) is 1.85. The molecule has 96 valence electrons. The lowest BCUT2D eigenvalue weighted by molar-refractivity contribution is -0.144. The third kappa shape index (κ3) is 1.16. The highest BCUT2D eigenvalue weighted by Crippen LogP contribution is 2.51. The molecule has 5 atom stereocenters. The highest BCUT2D eigenvalue weighted by atomic mass is 16.2. The van der Waals surface area contributed by atoms with E-state index < -0.39 is 0 Å². The van der Waals surface area contributed by atoms with Crippen LogP contribution in [0, 0.1) is 11.8 Å². The van der Waals surface area contributed by atoms with E-state index in [0.717, 1.165) is 18.9 Å². The Morgan fingerprint density at radius 2 is 2.22 bits per heavy atom. The molecular formula is C15H20N2O. The zero-order valence-electron chi connectivity index (χ0n) is 10.7. The molecule has 4 aliphatic heterocycles. The SMILES string of the molecule is C=CCC1N2CC3CN4C(=O)CC=CC14CC3C2. The molecule has 0 aromatic rings. The molecule has 5 unspecified atom stereocenters. The van der Waals surface area contributed by atoms with E-state index in [2.05, 4.69) is 28.5 Å². The molecule has 3 bridgehead atoms. The van der Waals surface area contributed by atoms with E-state index in [0.29, 0.717) is 24.3 Å². The maximum absolute atomic E-state index is 12.3. The third-order valence-electron chi connectivity index (χ3n) is 5.52. The minimum atomic E-state index is -0.0144. The van der Waals surface area contributed by atoms with Crippen molar-refractivity contribution in [3.8, 4) is 0 Å². The predicted molar refractivity (Wildman–Crippen MR) is 70.0 cm³/mol. The van der Waals surface area contributed by atoms with Gasteiger partial charge in [-0.1, -0.05) is 18.2 Å². The van der Waals surface area contributed by atoms with Crippen LogP contribution in [-0.4, -0.2) is 46.9 Å². The summed E-state index contributed by atoms with van der Waals surface area (Å²) in [5, 5.41) is 0. The summed E-state index contributed by atoms with van der Waals surface area (Å²) in [6.45, 7) is 7.32. The lowest BCUT2D eigenvalue weighted by Crippen LogP contribution is -2.67. The number of hydrogen-bond acceptors (Lipinski definition) is 2. The standard InChI is InChI=1S/C15H20N2O/c1-2-4-13-15-6-3-5-14(18)17(15)10-12-9-16(13)8-11(12)7-15/h2-3,6,11-13H,1,4-5,7-10H2. The molecule has 0 aromatic carbocycles. The molecule has 0 aromatic heterocycles. The first-order valence-electron chi connectivity index (χ1n) is 7.08. The number of carbonyl (C=O) groups is 1. The maximum Gasteiger partial charge on any atom is 0.227 e. The smallest absolute Gasteiger partial charge is 0.227 e. The highest BCUT2D eigenvalue weighted by Gasteiger charge is 2.60. The van der Waals surface area contributed by atoms with Gasteiger partial charge in [-0.2, -0.15) is 0 Å². The minimum absolute atomic E-state index is 0.0144. The fourth-order valence-corrected chi connectivity index (χ4v) is 4.82. The molecule has 0 saturated carbocycles. The molecule has 0 N–H and O–H groups in total. The van der Waals surface area contributed by atoms with Crippen molar-refractivity contribution >= 4 is 5.91 Å². The van der Waals surface area contributed by atoms with Crippen LogP contribution in [-0.2, 0) is 4.79 Å². The van der Waals surface area contributed by atoms with E-state index in [9.17, 15) is 4.79 Å². The topological polar surface area (TPSA) is 23.6 Å². The second-order valence-electron chi connectivity index (χ2n) is 6.32. The molecule has 4 heterocycles. The van der Waals surface area contributed by atoms with E-state index in [1.807, 2.05) is 6.08 Å². The molecule has 3 saturated heterocycles. The molecule has 3 heteroatoms. The highest BCUT2D eigenvalue weighted by molar-refractivity contribution is 5.81. The maximum atomic E-state index is 12.3. The lowest BCUT2D eigenvalue weighted by atomic mass is 9.69. The van der Waals surface area contributed by atoms with Crippen LogP contribution in [0.4, 0.5) is 0 Å². The number of amides is 1. The first kappa shape index (κ1) is 10.8. The largest absolute Gasteiger partial charge is 0.331 e. The van der Waals surface area contributed by atoms with Gasteiger partial charge < -0.3 is 4.90 Å². The Morgan fingerprint density at radius 3 is 3.06 bits per heavy atom. The molecule has 18 heavy (non-hydrogen) atoms. The molecule has 0 aliphatic carbocycles. The predicted octanol–water partition coefficient (Wildman–Crippen LogP) is 1.42.